The highest BCUT2D eigenvalue weighted by molar-refractivity contribution is 5.73. The summed E-state index contributed by atoms with van der Waals surface area (Å²) in [5.41, 5.74) is 0.838. The summed E-state index contributed by atoms with van der Waals surface area (Å²) in [4.78, 5) is 13.8. The van der Waals surface area contributed by atoms with Gasteiger partial charge in [0, 0.05) is 33.8 Å². The van der Waals surface area contributed by atoms with Crippen LogP contribution in [0.3, 0.4) is 0 Å². The number of hydrogen-bond donors (Lipinski definition) is 1. The Morgan fingerprint density at radius 3 is 2.88 bits per heavy atom. The van der Waals surface area contributed by atoms with Crippen LogP contribution in [-0.2, 0) is 4.74 Å². The van der Waals surface area contributed by atoms with Crippen molar-refractivity contribution in [2.45, 2.75) is 19.8 Å². The third-order valence-corrected chi connectivity index (χ3v) is 4.64. The summed E-state index contributed by atoms with van der Waals surface area (Å²) >= 11 is 0. The first-order valence-corrected chi connectivity index (χ1v) is 8.87. The van der Waals surface area contributed by atoms with Gasteiger partial charge < -0.3 is 19.9 Å². The molecule has 0 aromatic carbocycles. The van der Waals surface area contributed by atoms with Gasteiger partial charge in [0.15, 0.2) is 11.6 Å². The average molecular weight is 349 g/mol. The van der Waals surface area contributed by atoms with E-state index in [-0.39, 0.29) is 0 Å². The first kappa shape index (κ1) is 17.8. The van der Waals surface area contributed by atoms with Crippen LogP contribution in [0.25, 0.3) is 11.3 Å². The molecule has 0 aliphatic carbocycles. The van der Waals surface area contributed by atoms with Crippen LogP contribution in [0.1, 0.15) is 19.8 Å². The topological polar surface area (TPSA) is 92.4 Å². The lowest BCUT2D eigenvalue weighted by molar-refractivity contribution is 0.185. The maximum atomic E-state index is 5.11. The van der Waals surface area contributed by atoms with Gasteiger partial charge in [-0.15, -0.1) is 0 Å². The second-order valence-electron chi connectivity index (χ2n) is 6.51. The molecule has 1 atom stereocenters. The molecule has 0 radical (unpaired) electrons. The van der Waals surface area contributed by atoms with Crippen LogP contribution in [0, 0.1) is 5.92 Å². The van der Waals surface area contributed by atoms with Crippen LogP contribution in [0.15, 0.2) is 4.63 Å². The van der Waals surface area contributed by atoms with Crippen molar-refractivity contribution in [3.8, 4) is 0 Å². The molecule has 2 aromatic rings. The molecule has 1 unspecified atom stereocenters. The number of methoxy groups -OCH3 is 1. The Morgan fingerprint density at radius 1 is 1.32 bits per heavy atom. The van der Waals surface area contributed by atoms with Crippen molar-refractivity contribution in [3.63, 3.8) is 0 Å². The number of ether oxygens (including phenoxy) is 1. The van der Waals surface area contributed by atoms with E-state index < -0.39 is 0 Å². The number of anilines is 2. The molecule has 0 spiro atoms. The smallest absolute Gasteiger partial charge is 0.245 e. The fourth-order valence-electron chi connectivity index (χ4n) is 3.35. The molecule has 9 heteroatoms. The van der Waals surface area contributed by atoms with Gasteiger partial charge in [-0.2, -0.15) is 0 Å². The van der Waals surface area contributed by atoms with Crippen molar-refractivity contribution < 1.29 is 9.37 Å². The van der Waals surface area contributed by atoms with E-state index in [1.807, 2.05) is 0 Å². The molecule has 0 saturated carbocycles. The quantitative estimate of drug-likeness (QED) is 0.706. The molecule has 3 heterocycles. The molecule has 0 bridgehead atoms. The molecule has 1 aliphatic heterocycles. The van der Waals surface area contributed by atoms with E-state index in [4.69, 9.17) is 9.37 Å². The minimum Gasteiger partial charge on any atom is -0.383 e. The van der Waals surface area contributed by atoms with Crippen LogP contribution in [0.4, 0.5) is 11.6 Å². The Morgan fingerprint density at radius 2 is 2.12 bits per heavy atom. The van der Waals surface area contributed by atoms with Crippen LogP contribution in [0.5, 0.6) is 0 Å². The third-order valence-electron chi connectivity index (χ3n) is 4.64. The van der Waals surface area contributed by atoms with Gasteiger partial charge in [-0.25, -0.2) is 14.6 Å². The largest absolute Gasteiger partial charge is 0.383 e. The fraction of sp³-hybridized carbons (Fsp3) is 0.750. The van der Waals surface area contributed by atoms with Crippen LogP contribution < -0.4 is 10.2 Å². The van der Waals surface area contributed by atoms with Crippen molar-refractivity contribution in [2.75, 3.05) is 63.7 Å². The molecule has 9 nitrogen and oxygen atoms in total. The molecule has 1 aliphatic rings. The zero-order valence-electron chi connectivity index (χ0n) is 15.2. The Hall–Kier alpha value is -2.00. The molecular weight excluding hydrogens is 322 g/mol. The van der Waals surface area contributed by atoms with Gasteiger partial charge in [0.1, 0.15) is 0 Å². The Balaban J connectivity index is 1.76. The highest BCUT2D eigenvalue weighted by Gasteiger charge is 2.23. The molecular formula is C16H27N7O2. The number of hydrogen-bond acceptors (Lipinski definition) is 9. The van der Waals surface area contributed by atoms with Crippen molar-refractivity contribution in [1.82, 2.24) is 25.2 Å². The maximum Gasteiger partial charge on any atom is 0.245 e. The molecule has 138 valence electrons. The normalized spacial score (nSPS) is 18.6. The number of likely N-dealkylation sites (tertiary alicyclic amines) is 1. The molecule has 25 heavy (non-hydrogen) atoms. The minimum absolute atomic E-state index is 0.409. The van der Waals surface area contributed by atoms with Crippen molar-refractivity contribution in [3.05, 3.63) is 0 Å². The van der Waals surface area contributed by atoms with E-state index in [9.17, 15) is 0 Å². The van der Waals surface area contributed by atoms with Crippen LogP contribution in [0.2, 0.25) is 0 Å². The lowest BCUT2D eigenvalue weighted by Gasteiger charge is -2.34. The molecule has 2 aromatic heterocycles. The highest BCUT2D eigenvalue weighted by Crippen LogP contribution is 2.25. The number of fused-ring (bicyclic) bond motifs is 1. The molecule has 1 fully saturated rings. The summed E-state index contributed by atoms with van der Waals surface area (Å²) in [5, 5.41) is 10.9. The lowest BCUT2D eigenvalue weighted by atomic mass is 9.97. The van der Waals surface area contributed by atoms with Gasteiger partial charge in [0.05, 0.1) is 6.61 Å². The first-order chi connectivity index (χ1) is 12.2. The Labute approximate surface area is 147 Å². The molecule has 3 rings (SSSR count). The average Bonchev–Trinajstić information content (AvgIpc) is 3.08. The highest BCUT2D eigenvalue weighted by atomic mass is 16.6. The van der Waals surface area contributed by atoms with E-state index in [0.29, 0.717) is 36.2 Å². The first-order valence-electron chi connectivity index (χ1n) is 8.87. The summed E-state index contributed by atoms with van der Waals surface area (Å²) < 4.78 is 9.86. The monoisotopic (exact) mass is 349 g/mol. The third kappa shape index (κ3) is 4.35. The standard InChI is InChI=1S/C16H27N7O2/c1-4-23-8-5-6-12(11-23)10-22(2)16-15(17-7-9-24-3)18-13-14(19-16)21-25-20-13/h12H,4-11H2,1-3H3,(H,17,18,20). The van der Waals surface area contributed by atoms with E-state index in [2.05, 4.69) is 49.4 Å². The summed E-state index contributed by atoms with van der Waals surface area (Å²) in [6.07, 6.45) is 2.50. The lowest BCUT2D eigenvalue weighted by Crippen LogP contribution is -2.40. The van der Waals surface area contributed by atoms with E-state index >= 15 is 0 Å². The summed E-state index contributed by atoms with van der Waals surface area (Å²) in [6, 6.07) is 0. The van der Waals surface area contributed by atoms with Crippen molar-refractivity contribution in [1.29, 1.82) is 0 Å². The van der Waals surface area contributed by atoms with Gasteiger partial charge in [0.2, 0.25) is 11.3 Å². The second-order valence-corrected chi connectivity index (χ2v) is 6.51. The maximum absolute atomic E-state index is 5.11. The second kappa shape index (κ2) is 8.39. The Kier molecular flexibility index (Phi) is 5.98. The Bertz CT molecular complexity index is 678. The van der Waals surface area contributed by atoms with Crippen LogP contribution in [-0.4, -0.2) is 78.7 Å². The molecule has 1 N–H and O–H groups in total. The summed E-state index contributed by atoms with van der Waals surface area (Å²) in [6.45, 7) is 7.84. The van der Waals surface area contributed by atoms with Gasteiger partial charge in [-0.3, -0.25) is 0 Å². The van der Waals surface area contributed by atoms with Crippen LogP contribution >= 0.6 is 0 Å². The SMILES string of the molecule is CCN1CCCC(CN(C)c2nc3nonc3nc2NCCOC)C1. The number of piperidine rings is 1. The predicted octanol–water partition coefficient (Wildman–Crippen LogP) is 1.24. The minimum atomic E-state index is 0.409. The van der Waals surface area contributed by atoms with E-state index in [0.717, 1.165) is 25.5 Å². The van der Waals surface area contributed by atoms with Crippen molar-refractivity contribution >= 4 is 22.9 Å². The zero-order chi connectivity index (χ0) is 17.6. The summed E-state index contributed by atoms with van der Waals surface area (Å²) in [7, 11) is 3.73. The van der Waals surface area contributed by atoms with Gasteiger partial charge in [-0.05, 0) is 42.2 Å². The number of nitrogens with one attached hydrogen (secondary N) is 1. The van der Waals surface area contributed by atoms with E-state index in [1.54, 1.807) is 7.11 Å². The predicted molar refractivity (Wildman–Crippen MR) is 95.9 cm³/mol. The molecule has 0 amide bonds. The van der Waals surface area contributed by atoms with Gasteiger partial charge in [-0.1, -0.05) is 6.92 Å². The number of nitrogens with zero attached hydrogens (tertiary/aromatic N) is 6. The van der Waals surface area contributed by atoms with Crippen molar-refractivity contribution in [2.24, 2.45) is 5.92 Å². The fourth-order valence-corrected chi connectivity index (χ4v) is 3.35. The summed E-state index contributed by atoms with van der Waals surface area (Å²) in [5.74, 6) is 2.08. The van der Waals surface area contributed by atoms with Gasteiger partial charge >= 0.3 is 0 Å². The number of rotatable bonds is 8. The van der Waals surface area contributed by atoms with Gasteiger partial charge in [0.25, 0.3) is 0 Å². The number of aromatic nitrogens is 4. The molecule has 1 saturated heterocycles. The van der Waals surface area contributed by atoms with E-state index in [1.165, 1.54) is 19.4 Å². The zero-order valence-corrected chi connectivity index (χ0v) is 15.2.